The van der Waals surface area contributed by atoms with Gasteiger partial charge in [-0.25, -0.2) is 9.07 Å². The van der Waals surface area contributed by atoms with Gasteiger partial charge in [0.2, 0.25) is 0 Å². The maximum Gasteiger partial charge on any atom is 0.130 e. The molecule has 1 N–H and O–H groups in total. The van der Waals surface area contributed by atoms with Gasteiger partial charge in [-0.1, -0.05) is 24.3 Å². The summed E-state index contributed by atoms with van der Waals surface area (Å²) in [5, 5.41) is 18.4. The van der Waals surface area contributed by atoms with Crippen LogP contribution in [0.1, 0.15) is 31.5 Å². The molecule has 1 atom stereocenters. The lowest BCUT2D eigenvalue weighted by atomic mass is 9.93. The molecule has 96 valence electrons. The Kier molecular flexibility index (Phi) is 3.43. The molecule has 0 spiro atoms. The van der Waals surface area contributed by atoms with E-state index in [-0.39, 0.29) is 5.82 Å². The number of hydrogen-bond acceptors (Lipinski definition) is 3. The molecule has 1 aromatic heterocycles. The van der Waals surface area contributed by atoms with Crippen molar-refractivity contribution in [1.29, 1.82) is 0 Å². The minimum absolute atomic E-state index is 0.324. The number of hydrogen-bond donors (Lipinski definition) is 1. The molecule has 1 aromatic carbocycles. The highest BCUT2D eigenvalue weighted by molar-refractivity contribution is 5.30. The largest absolute Gasteiger partial charge is 0.379 e. The van der Waals surface area contributed by atoms with Gasteiger partial charge in [-0.15, -0.1) is 5.10 Å². The lowest BCUT2D eigenvalue weighted by molar-refractivity contribution is 0.0913. The van der Waals surface area contributed by atoms with Crippen LogP contribution < -0.4 is 0 Å². The van der Waals surface area contributed by atoms with E-state index in [0.29, 0.717) is 17.8 Å². The number of aliphatic hydroxyl groups is 1. The molecule has 0 amide bonds. The highest BCUT2D eigenvalue weighted by Crippen LogP contribution is 2.28. The first kappa shape index (κ1) is 12.7. The number of benzene rings is 1. The van der Waals surface area contributed by atoms with Crippen LogP contribution >= 0.6 is 0 Å². The first-order valence-corrected chi connectivity index (χ1v) is 5.93. The number of aromatic nitrogens is 3. The predicted molar refractivity (Wildman–Crippen MR) is 65.4 cm³/mol. The second kappa shape index (κ2) is 4.86. The van der Waals surface area contributed by atoms with Gasteiger partial charge in [0.25, 0.3) is 0 Å². The number of rotatable bonds is 4. The van der Waals surface area contributed by atoms with Crippen LogP contribution in [0.2, 0.25) is 0 Å². The van der Waals surface area contributed by atoms with E-state index in [1.165, 1.54) is 12.1 Å². The van der Waals surface area contributed by atoms with Crippen molar-refractivity contribution in [2.45, 2.75) is 32.4 Å². The van der Waals surface area contributed by atoms with Crippen molar-refractivity contribution >= 4 is 0 Å². The van der Waals surface area contributed by atoms with Gasteiger partial charge in [-0.3, -0.25) is 0 Å². The van der Waals surface area contributed by atoms with Gasteiger partial charge >= 0.3 is 0 Å². The zero-order chi connectivity index (χ0) is 13.2. The quantitative estimate of drug-likeness (QED) is 0.902. The van der Waals surface area contributed by atoms with E-state index >= 15 is 0 Å². The fourth-order valence-electron chi connectivity index (χ4n) is 1.93. The van der Waals surface area contributed by atoms with Crippen LogP contribution in [0.15, 0.2) is 30.5 Å². The molecular formula is C13H16FN3O. The molecule has 0 aliphatic rings. The summed E-state index contributed by atoms with van der Waals surface area (Å²) < 4.78 is 14.6. The van der Waals surface area contributed by atoms with E-state index in [0.717, 1.165) is 6.42 Å². The third-order valence-electron chi connectivity index (χ3n) is 2.96. The second-order valence-corrected chi connectivity index (χ2v) is 4.42. The van der Waals surface area contributed by atoms with Crippen molar-refractivity contribution in [1.82, 2.24) is 15.0 Å². The minimum atomic E-state index is -1.23. The van der Waals surface area contributed by atoms with Gasteiger partial charge in [-0.2, -0.15) is 0 Å². The summed E-state index contributed by atoms with van der Waals surface area (Å²) >= 11 is 0. The van der Waals surface area contributed by atoms with Crippen LogP contribution in [-0.2, 0) is 12.1 Å². The molecule has 18 heavy (non-hydrogen) atoms. The van der Waals surface area contributed by atoms with Gasteiger partial charge in [0.15, 0.2) is 0 Å². The van der Waals surface area contributed by atoms with E-state index in [2.05, 4.69) is 10.3 Å². The average molecular weight is 249 g/mol. The summed E-state index contributed by atoms with van der Waals surface area (Å²) in [6.45, 7) is 4.37. The molecule has 0 fully saturated rings. The third kappa shape index (κ3) is 2.26. The van der Waals surface area contributed by atoms with Gasteiger partial charge in [-0.05, 0) is 31.0 Å². The first-order valence-electron chi connectivity index (χ1n) is 5.93. The Morgan fingerprint density at radius 1 is 1.33 bits per heavy atom. The maximum absolute atomic E-state index is 12.9. The summed E-state index contributed by atoms with van der Waals surface area (Å²) in [7, 11) is 0. The molecule has 5 heteroatoms. The van der Waals surface area contributed by atoms with Crippen molar-refractivity contribution < 1.29 is 9.50 Å². The summed E-state index contributed by atoms with van der Waals surface area (Å²) in [5.74, 6) is -0.324. The highest BCUT2D eigenvalue weighted by atomic mass is 19.1. The Hall–Kier alpha value is -1.75. The monoisotopic (exact) mass is 249 g/mol. The van der Waals surface area contributed by atoms with Crippen molar-refractivity contribution in [2.24, 2.45) is 0 Å². The molecular weight excluding hydrogens is 233 g/mol. The second-order valence-electron chi connectivity index (χ2n) is 4.42. The molecule has 1 heterocycles. The summed E-state index contributed by atoms with van der Waals surface area (Å²) in [5.41, 5.74) is -0.00802. The normalized spacial score (nSPS) is 14.4. The number of halogens is 1. The minimum Gasteiger partial charge on any atom is -0.379 e. The third-order valence-corrected chi connectivity index (χ3v) is 2.96. The van der Waals surface area contributed by atoms with E-state index in [4.69, 9.17) is 0 Å². The van der Waals surface area contributed by atoms with Crippen molar-refractivity contribution in [3.8, 4) is 0 Å². The van der Waals surface area contributed by atoms with Gasteiger partial charge in [0.1, 0.15) is 11.4 Å². The molecule has 0 saturated heterocycles. The van der Waals surface area contributed by atoms with Crippen molar-refractivity contribution in [2.75, 3.05) is 0 Å². The molecule has 4 nitrogen and oxygen atoms in total. The molecule has 2 aromatic rings. The van der Waals surface area contributed by atoms with E-state index < -0.39 is 5.60 Å². The van der Waals surface area contributed by atoms with Crippen LogP contribution in [0, 0.1) is 5.82 Å². The first-order chi connectivity index (χ1) is 8.55. The average Bonchev–Trinajstić information content (AvgIpc) is 2.79. The SMILES string of the molecule is CCCn1nncc1C(C)(O)c1ccc(F)cc1. The van der Waals surface area contributed by atoms with Crippen LogP contribution in [-0.4, -0.2) is 20.1 Å². The van der Waals surface area contributed by atoms with E-state index in [9.17, 15) is 9.50 Å². The number of nitrogens with zero attached hydrogens (tertiary/aromatic N) is 3. The topological polar surface area (TPSA) is 50.9 Å². The molecule has 0 aliphatic heterocycles. The molecule has 0 saturated carbocycles. The van der Waals surface area contributed by atoms with Crippen LogP contribution in [0.25, 0.3) is 0 Å². The summed E-state index contributed by atoms with van der Waals surface area (Å²) in [6, 6.07) is 5.80. The van der Waals surface area contributed by atoms with E-state index in [1.807, 2.05) is 6.92 Å². The lowest BCUT2D eigenvalue weighted by Crippen LogP contribution is -2.27. The zero-order valence-corrected chi connectivity index (χ0v) is 10.5. The van der Waals surface area contributed by atoms with Crippen molar-refractivity contribution in [3.05, 3.63) is 47.5 Å². The van der Waals surface area contributed by atoms with Gasteiger partial charge < -0.3 is 5.11 Å². The number of aryl methyl sites for hydroxylation is 1. The Morgan fingerprint density at radius 2 is 2.00 bits per heavy atom. The Balaban J connectivity index is 2.40. The summed E-state index contributed by atoms with van der Waals surface area (Å²) in [6.07, 6.45) is 2.44. The Bertz CT molecular complexity index is 519. The maximum atomic E-state index is 12.9. The smallest absolute Gasteiger partial charge is 0.130 e. The Labute approximate surface area is 105 Å². The van der Waals surface area contributed by atoms with Crippen LogP contribution in [0.3, 0.4) is 0 Å². The Morgan fingerprint density at radius 3 is 2.61 bits per heavy atom. The van der Waals surface area contributed by atoms with Crippen LogP contribution in [0.5, 0.6) is 0 Å². The molecule has 0 aliphatic carbocycles. The molecule has 1 unspecified atom stereocenters. The standard InChI is InChI=1S/C13H16FN3O/c1-3-8-17-12(9-15-16-17)13(2,18)10-4-6-11(14)7-5-10/h4-7,9,18H,3,8H2,1-2H3. The molecule has 0 radical (unpaired) electrons. The predicted octanol–water partition coefficient (Wildman–Crippen LogP) is 2.08. The van der Waals surface area contributed by atoms with E-state index in [1.54, 1.807) is 29.9 Å². The fourth-order valence-corrected chi connectivity index (χ4v) is 1.93. The van der Waals surface area contributed by atoms with Crippen molar-refractivity contribution in [3.63, 3.8) is 0 Å². The zero-order valence-electron chi connectivity index (χ0n) is 10.5. The van der Waals surface area contributed by atoms with Crippen LogP contribution in [0.4, 0.5) is 4.39 Å². The molecule has 2 rings (SSSR count). The fraction of sp³-hybridized carbons (Fsp3) is 0.385. The summed E-state index contributed by atoms with van der Waals surface area (Å²) in [4.78, 5) is 0. The highest BCUT2D eigenvalue weighted by Gasteiger charge is 2.29. The van der Waals surface area contributed by atoms with Gasteiger partial charge in [0.05, 0.1) is 11.9 Å². The lowest BCUT2D eigenvalue weighted by Gasteiger charge is -2.24. The molecule has 0 bridgehead atoms. The van der Waals surface area contributed by atoms with Gasteiger partial charge in [0, 0.05) is 6.54 Å².